The summed E-state index contributed by atoms with van der Waals surface area (Å²) in [7, 11) is 0. The molecule has 0 atom stereocenters. The first-order valence-electron chi connectivity index (χ1n) is 6.11. The van der Waals surface area contributed by atoms with Crippen LogP contribution in [0.3, 0.4) is 0 Å². The van der Waals surface area contributed by atoms with Crippen LogP contribution < -0.4 is 10.1 Å². The predicted molar refractivity (Wildman–Crippen MR) is 72.3 cm³/mol. The van der Waals surface area contributed by atoms with E-state index in [0.29, 0.717) is 11.4 Å². The molecule has 104 valence electrons. The normalized spacial score (nSPS) is 10.9. The van der Waals surface area contributed by atoms with Gasteiger partial charge in [-0.2, -0.15) is 0 Å². The monoisotopic (exact) mass is 265 g/mol. The Hall–Kier alpha value is -2.04. The van der Waals surface area contributed by atoms with Crippen molar-refractivity contribution in [2.45, 2.75) is 27.2 Å². The number of ether oxygens (including phenoxy) is 1. The van der Waals surface area contributed by atoms with Crippen LogP contribution >= 0.6 is 0 Å². The average Bonchev–Trinajstić information content (AvgIpc) is 2.36. The van der Waals surface area contributed by atoms with Gasteiger partial charge in [-0.1, -0.05) is 26.8 Å². The van der Waals surface area contributed by atoms with Crippen LogP contribution in [0.15, 0.2) is 24.3 Å². The lowest BCUT2D eigenvalue weighted by Crippen LogP contribution is -2.29. The summed E-state index contributed by atoms with van der Waals surface area (Å²) in [6.07, 6.45) is 0.730. The summed E-state index contributed by atoms with van der Waals surface area (Å²) in [5, 5.41) is 11.3. The summed E-state index contributed by atoms with van der Waals surface area (Å²) in [6, 6.07) is 6.68. The number of carbonyl (C=O) groups excluding carboxylic acids is 1. The Morgan fingerprint density at radius 2 is 2.05 bits per heavy atom. The first-order chi connectivity index (χ1) is 8.85. The molecule has 0 spiro atoms. The number of rotatable bonds is 6. The Balaban J connectivity index is 2.72. The Morgan fingerprint density at radius 1 is 1.37 bits per heavy atom. The van der Waals surface area contributed by atoms with Gasteiger partial charge in [0, 0.05) is 17.2 Å². The van der Waals surface area contributed by atoms with Gasteiger partial charge >= 0.3 is 5.97 Å². The van der Waals surface area contributed by atoms with Gasteiger partial charge in [-0.05, 0) is 18.6 Å². The fourth-order valence-corrected chi connectivity index (χ4v) is 1.27. The van der Waals surface area contributed by atoms with Crippen LogP contribution in [0.4, 0.5) is 5.69 Å². The Bertz CT molecular complexity index is 468. The van der Waals surface area contributed by atoms with Gasteiger partial charge in [0.15, 0.2) is 6.61 Å². The van der Waals surface area contributed by atoms with E-state index in [0.717, 1.165) is 6.42 Å². The molecule has 0 saturated heterocycles. The molecule has 1 aromatic rings. The topological polar surface area (TPSA) is 75.6 Å². The Morgan fingerprint density at radius 3 is 2.63 bits per heavy atom. The van der Waals surface area contributed by atoms with Crippen molar-refractivity contribution in [3.05, 3.63) is 24.3 Å². The first-order valence-corrected chi connectivity index (χ1v) is 6.11. The second-order valence-electron chi connectivity index (χ2n) is 4.90. The lowest BCUT2D eigenvalue weighted by molar-refractivity contribution is -0.139. The fourth-order valence-electron chi connectivity index (χ4n) is 1.27. The maximum absolute atomic E-state index is 12.0. The highest BCUT2D eigenvalue weighted by atomic mass is 16.5. The van der Waals surface area contributed by atoms with E-state index in [1.807, 2.05) is 20.8 Å². The highest BCUT2D eigenvalue weighted by Gasteiger charge is 2.25. The van der Waals surface area contributed by atoms with Crippen molar-refractivity contribution in [1.29, 1.82) is 0 Å². The van der Waals surface area contributed by atoms with Gasteiger partial charge in [0.05, 0.1) is 0 Å². The largest absolute Gasteiger partial charge is 0.482 e. The van der Waals surface area contributed by atoms with Crippen molar-refractivity contribution in [1.82, 2.24) is 0 Å². The molecule has 0 aromatic heterocycles. The number of anilines is 1. The Labute approximate surface area is 112 Å². The van der Waals surface area contributed by atoms with E-state index in [1.165, 1.54) is 0 Å². The molecular weight excluding hydrogens is 246 g/mol. The fraction of sp³-hybridized carbons (Fsp3) is 0.429. The van der Waals surface area contributed by atoms with Gasteiger partial charge < -0.3 is 15.2 Å². The van der Waals surface area contributed by atoms with Crippen molar-refractivity contribution < 1.29 is 19.4 Å². The second kappa shape index (κ2) is 6.22. The number of benzene rings is 1. The molecule has 0 bridgehead atoms. The SMILES string of the molecule is CCC(C)(C)C(=O)Nc1cccc(OCC(=O)O)c1. The second-order valence-corrected chi connectivity index (χ2v) is 4.90. The maximum atomic E-state index is 12.0. The van der Waals surface area contributed by atoms with Crippen LogP contribution in [0, 0.1) is 5.41 Å². The van der Waals surface area contributed by atoms with Crippen molar-refractivity contribution >= 4 is 17.6 Å². The van der Waals surface area contributed by atoms with Crippen LogP contribution in [0.5, 0.6) is 5.75 Å². The Kier molecular flexibility index (Phi) is 4.92. The molecule has 0 unspecified atom stereocenters. The third-order valence-corrected chi connectivity index (χ3v) is 2.95. The molecule has 0 radical (unpaired) electrons. The minimum Gasteiger partial charge on any atom is -0.482 e. The van der Waals surface area contributed by atoms with E-state index in [4.69, 9.17) is 9.84 Å². The zero-order valence-corrected chi connectivity index (χ0v) is 11.4. The summed E-state index contributed by atoms with van der Waals surface area (Å²) in [4.78, 5) is 22.4. The maximum Gasteiger partial charge on any atom is 0.341 e. The smallest absolute Gasteiger partial charge is 0.341 e. The molecule has 5 nitrogen and oxygen atoms in total. The third kappa shape index (κ3) is 4.62. The predicted octanol–water partition coefficient (Wildman–Crippen LogP) is 2.52. The van der Waals surface area contributed by atoms with E-state index in [2.05, 4.69) is 5.32 Å². The lowest BCUT2D eigenvalue weighted by atomic mass is 9.89. The first kappa shape index (κ1) is 15.0. The molecule has 1 amide bonds. The highest BCUT2D eigenvalue weighted by Crippen LogP contribution is 2.24. The van der Waals surface area contributed by atoms with E-state index < -0.39 is 18.0 Å². The number of hydrogen-bond donors (Lipinski definition) is 2. The standard InChI is InChI=1S/C14H19NO4/c1-4-14(2,3)13(18)15-10-6-5-7-11(8-10)19-9-12(16)17/h5-8H,4,9H2,1-3H3,(H,15,18)(H,16,17). The number of nitrogens with one attached hydrogen (secondary N) is 1. The van der Waals surface area contributed by atoms with Crippen molar-refractivity contribution in [2.24, 2.45) is 5.41 Å². The summed E-state index contributed by atoms with van der Waals surface area (Å²) < 4.78 is 5.05. The van der Waals surface area contributed by atoms with E-state index >= 15 is 0 Å². The quantitative estimate of drug-likeness (QED) is 0.828. The van der Waals surface area contributed by atoms with Gasteiger partial charge in [-0.15, -0.1) is 0 Å². The number of carboxylic acid groups (broad SMARTS) is 1. The van der Waals surface area contributed by atoms with Gasteiger partial charge in [0.2, 0.25) is 5.91 Å². The van der Waals surface area contributed by atoms with Gasteiger partial charge in [-0.25, -0.2) is 4.79 Å². The summed E-state index contributed by atoms with van der Waals surface area (Å²) in [5.74, 6) is -0.707. The molecule has 1 aromatic carbocycles. The summed E-state index contributed by atoms with van der Waals surface area (Å²) in [5.41, 5.74) is 0.146. The molecule has 5 heteroatoms. The molecule has 19 heavy (non-hydrogen) atoms. The minimum absolute atomic E-state index is 0.0783. The molecule has 0 aliphatic carbocycles. The van der Waals surface area contributed by atoms with Crippen molar-refractivity contribution in [2.75, 3.05) is 11.9 Å². The van der Waals surface area contributed by atoms with Gasteiger partial charge in [0.25, 0.3) is 0 Å². The van der Waals surface area contributed by atoms with Gasteiger partial charge in [-0.3, -0.25) is 4.79 Å². The molecule has 0 saturated carbocycles. The molecule has 1 rings (SSSR count). The van der Waals surface area contributed by atoms with Crippen molar-refractivity contribution in [3.63, 3.8) is 0 Å². The lowest BCUT2D eigenvalue weighted by Gasteiger charge is -2.21. The molecular formula is C14H19NO4. The number of amides is 1. The molecule has 2 N–H and O–H groups in total. The number of aliphatic carboxylic acids is 1. The molecule has 0 aliphatic heterocycles. The van der Waals surface area contributed by atoms with Crippen LogP contribution in [-0.2, 0) is 9.59 Å². The zero-order chi connectivity index (χ0) is 14.5. The third-order valence-electron chi connectivity index (χ3n) is 2.95. The van der Waals surface area contributed by atoms with Crippen molar-refractivity contribution in [3.8, 4) is 5.75 Å². The molecule has 0 aliphatic rings. The van der Waals surface area contributed by atoms with E-state index in [9.17, 15) is 9.59 Å². The molecule has 0 fully saturated rings. The van der Waals surface area contributed by atoms with E-state index in [-0.39, 0.29) is 5.91 Å². The van der Waals surface area contributed by atoms with Crippen LogP contribution in [0.1, 0.15) is 27.2 Å². The average molecular weight is 265 g/mol. The summed E-state index contributed by atoms with van der Waals surface area (Å²) in [6.45, 7) is 5.28. The molecule has 0 heterocycles. The number of carbonyl (C=O) groups is 2. The number of hydrogen-bond acceptors (Lipinski definition) is 3. The summed E-state index contributed by atoms with van der Waals surface area (Å²) >= 11 is 0. The van der Waals surface area contributed by atoms with Crippen LogP contribution in [-0.4, -0.2) is 23.6 Å². The van der Waals surface area contributed by atoms with Gasteiger partial charge in [0.1, 0.15) is 5.75 Å². The number of carboxylic acids is 1. The minimum atomic E-state index is -1.04. The zero-order valence-electron chi connectivity index (χ0n) is 11.4. The highest BCUT2D eigenvalue weighted by molar-refractivity contribution is 5.94. The van der Waals surface area contributed by atoms with Crippen LogP contribution in [0.25, 0.3) is 0 Å². The van der Waals surface area contributed by atoms with Crippen LogP contribution in [0.2, 0.25) is 0 Å². The van der Waals surface area contributed by atoms with E-state index in [1.54, 1.807) is 24.3 Å².